The van der Waals surface area contributed by atoms with Crippen molar-refractivity contribution in [3.8, 4) is 23.0 Å². The van der Waals surface area contributed by atoms with Gasteiger partial charge in [-0.05, 0) is 53.6 Å². The van der Waals surface area contributed by atoms with Gasteiger partial charge in [-0.25, -0.2) is 0 Å². The molecule has 31 heavy (non-hydrogen) atoms. The van der Waals surface area contributed by atoms with Gasteiger partial charge in [0, 0.05) is 25.5 Å². The Morgan fingerprint density at radius 3 is 2.71 bits per heavy atom. The van der Waals surface area contributed by atoms with E-state index in [2.05, 4.69) is 9.88 Å². The lowest BCUT2D eigenvalue weighted by Crippen LogP contribution is -2.31. The number of Topliss-reactive ketones (excluding diaryl/α,β-unsaturated/α-hetero) is 1. The number of carbonyl (C=O) groups is 1. The highest BCUT2D eigenvalue weighted by Gasteiger charge is 2.33. The summed E-state index contributed by atoms with van der Waals surface area (Å²) in [5.41, 5.74) is 3.41. The molecule has 0 atom stereocenters. The fourth-order valence-electron chi connectivity index (χ4n) is 4.01. The summed E-state index contributed by atoms with van der Waals surface area (Å²) in [6.45, 7) is 2.00. The van der Waals surface area contributed by atoms with E-state index in [1.54, 1.807) is 24.5 Å². The lowest BCUT2D eigenvalue weighted by Gasteiger charge is -2.29. The van der Waals surface area contributed by atoms with Crippen molar-refractivity contribution in [3.63, 3.8) is 0 Å². The molecule has 0 aliphatic carbocycles. The number of ether oxygens (including phenoxy) is 4. The lowest BCUT2D eigenvalue weighted by molar-refractivity contribution is 0.0872. The molecule has 2 aromatic carbocycles. The minimum absolute atomic E-state index is 0.123. The number of hydrogen-bond donors (Lipinski definition) is 0. The molecule has 0 fully saturated rings. The third-order valence-corrected chi connectivity index (χ3v) is 5.53. The zero-order valence-electron chi connectivity index (χ0n) is 16.5. The van der Waals surface area contributed by atoms with Crippen molar-refractivity contribution in [1.82, 2.24) is 9.88 Å². The van der Waals surface area contributed by atoms with E-state index in [9.17, 15) is 4.79 Å². The topological polar surface area (TPSA) is 70.1 Å². The van der Waals surface area contributed by atoms with Gasteiger partial charge in [-0.1, -0.05) is 6.07 Å². The molecule has 0 saturated heterocycles. The number of carbonyl (C=O) groups excluding carboxylic acids is 1. The van der Waals surface area contributed by atoms with Gasteiger partial charge in [0.25, 0.3) is 0 Å². The summed E-state index contributed by atoms with van der Waals surface area (Å²) in [4.78, 5) is 19.0. The standard InChI is InChI=1S/C24H18N2O5/c27-23-17-2-4-19-18(24(17)31-22(23)9-15-5-7-25-8-6-15)12-26(13-28-19)11-16-1-3-20-21(10-16)30-14-29-20/h1-10H,11-14H2. The number of pyridine rings is 1. The van der Waals surface area contributed by atoms with Crippen LogP contribution in [0.1, 0.15) is 27.0 Å². The number of hydrogen-bond acceptors (Lipinski definition) is 7. The summed E-state index contributed by atoms with van der Waals surface area (Å²) in [7, 11) is 0. The normalized spacial score (nSPS) is 17.8. The molecule has 4 heterocycles. The number of allylic oxidation sites excluding steroid dienone is 1. The molecule has 6 rings (SSSR count). The Kier molecular flexibility index (Phi) is 4.14. The summed E-state index contributed by atoms with van der Waals surface area (Å²) in [6.07, 6.45) is 5.11. The van der Waals surface area contributed by atoms with Crippen LogP contribution < -0.4 is 18.9 Å². The minimum Gasteiger partial charge on any atom is -0.478 e. The first-order valence-electron chi connectivity index (χ1n) is 9.98. The van der Waals surface area contributed by atoms with E-state index in [0.29, 0.717) is 36.9 Å². The lowest BCUT2D eigenvalue weighted by atomic mass is 10.0. The van der Waals surface area contributed by atoms with Crippen LogP contribution in [0.3, 0.4) is 0 Å². The Labute approximate surface area is 178 Å². The average Bonchev–Trinajstić information content (AvgIpc) is 3.39. The molecule has 0 unspecified atom stereocenters. The number of nitrogens with zero attached hydrogens (tertiary/aromatic N) is 2. The van der Waals surface area contributed by atoms with Crippen molar-refractivity contribution in [3.05, 3.63) is 82.9 Å². The van der Waals surface area contributed by atoms with Gasteiger partial charge in [0.05, 0.1) is 11.1 Å². The Morgan fingerprint density at radius 2 is 1.81 bits per heavy atom. The molecule has 7 heteroatoms. The van der Waals surface area contributed by atoms with E-state index in [0.717, 1.165) is 33.9 Å². The summed E-state index contributed by atoms with van der Waals surface area (Å²) >= 11 is 0. The molecule has 3 aromatic rings. The van der Waals surface area contributed by atoms with Crippen LogP contribution in [0.4, 0.5) is 0 Å². The van der Waals surface area contributed by atoms with Gasteiger partial charge in [-0.3, -0.25) is 14.7 Å². The van der Waals surface area contributed by atoms with Crippen LogP contribution in [-0.2, 0) is 13.1 Å². The van der Waals surface area contributed by atoms with Gasteiger partial charge in [-0.2, -0.15) is 0 Å². The van der Waals surface area contributed by atoms with Crippen molar-refractivity contribution in [1.29, 1.82) is 0 Å². The Balaban J connectivity index is 1.26. The molecule has 0 spiro atoms. The van der Waals surface area contributed by atoms with Crippen molar-refractivity contribution in [2.45, 2.75) is 13.1 Å². The minimum atomic E-state index is -0.123. The molecule has 7 nitrogen and oxygen atoms in total. The Bertz CT molecular complexity index is 1220. The van der Waals surface area contributed by atoms with Gasteiger partial charge in [0.2, 0.25) is 12.6 Å². The molecule has 3 aliphatic heterocycles. The van der Waals surface area contributed by atoms with Gasteiger partial charge >= 0.3 is 0 Å². The van der Waals surface area contributed by atoms with Gasteiger partial charge in [-0.15, -0.1) is 0 Å². The van der Waals surface area contributed by atoms with Crippen LogP contribution >= 0.6 is 0 Å². The largest absolute Gasteiger partial charge is 0.478 e. The predicted octanol–water partition coefficient (Wildman–Crippen LogP) is 3.78. The Hall–Kier alpha value is -3.84. The van der Waals surface area contributed by atoms with E-state index in [-0.39, 0.29) is 12.6 Å². The summed E-state index contributed by atoms with van der Waals surface area (Å²) < 4.78 is 22.9. The molecule has 0 amide bonds. The summed E-state index contributed by atoms with van der Waals surface area (Å²) in [6, 6.07) is 13.2. The maximum absolute atomic E-state index is 12.9. The molecule has 1 aromatic heterocycles. The van der Waals surface area contributed by atoms with Crippen LogP contribution in [0.25, 0.3) is 6.08 Å². The number of fused-ring (bicyclic) bond motifs is 4. The average molecular weight is 414 g/mol. The molecular formula is C24H18N2O5. The van der Waals surface area contributed by atoms with Gasteiger partial charge in [0.1, 0.15) is 18.2 Å². The maximum Gasteiger partial charge on any atom is 0.231 e. The van der Waals surface area contributed by atoms with Crippen LogP contribution in [-0.4, -0.2) is 29.2 Å². The van der Waals surface area contributed by atoms with E-state index < -0.39 is 0 Å². The molecule has 0 saturated carbocycles. The van der Waals surface area contributed by atoms with Crippen LogP contribution in [0, 0.1) is 0 Å². The molecule has 0 N–H and O–H groups in total. The van der Waals surface area contributed by atoms with E-state index >= 15 is 0 Å². The molecule has 0 radical (unpaired) electrons. The third-order valence-electron chi connectivity index (χ3n) is 5.53. The van der Waals surface area contributed by atoms with Gasteiger partial charge < -0.3 is 18.9 Å². The van der Waals surface area contributed by atoms with Crippen LogP contribution in [0.15, 0.2) is 60.6 Å². The maximum atomic E-state index is 12.9. The SMILES string of the molecule is O=C1C(=Cc2ccncc2)Oc2c1ccc1c2CN(Cc2ccc3c(c2)OCO3)CO1. The predicted molar refractivity (Wildman–Crippen MR) is 111 cm³/mol. The monoisotopic (exact) mass is 414 g/mol. The van der Waals surface area contributed by atoms with Crippen molar-refractivity contribution < 1.29 is 23.7 Å². The fraction of sp³-hybridized carbons (Fsp3) is 0.167. The fourth-order valence-corrected chi connectivity index (χ4v) is 4.01. The number of aromatic nitrogens is 1. The molecule has 0 bridgehead atoms. The second kappa shape index (κ2) is 7.14. The van der Waals surface area contributed by atoms with Crippen molar-refractivity contribution in [2.75, 3.05) is 13.5 Å². The first kappa shape index (κ1) is 18.0. The zero-order valence-corrected chi connectivity index (χ0v) is 16.5. The van der Waals surface area contributed by atoms with E-state index in [4.69, 9.17) is 18.9 Å². The first-order chi connectivity index (χ1) is 15.2. The van der Waals surface area contributed by atoms with Crippen LogP contribution in [0.5, 0.6) is 23.0 Å². The van der Waals surface area contributed by atoms with E-state index in [1.807, 2.05) is 36.4 Å². The van der Waals surface area contributed by atoms with E-state index in [1.165, 1.54) is 0 Å². The van der Waals surface area contributed by atoms with Crippen LogP contribution in [0.2, 0.25) is 0 Å². The Morgan fingerprint density at radius 1 is 0.968 bits per heavy atom. The summed E-state index contributed by atoms with van der Waals surface area (Å²) in [5.74, 6) is 3.04. The number of ketones is 1. The first-order valence-corrected chi connectivity index (χ1v) is 9.98. The zero-order chi connectivity index (χ0) is 20.8. The number of rotatable bonds is 3. The quantitative estimate of drug-likeness (QED) is 0.604. The highest BCUT2D eigenvalue weighted by molar-refractivity contribution is 6.15. The second-order valence-electron chi connectivity index (χ2n) is 7.59. The number of benzene rings is 2. The summed E-state index contributed by atoms with van der Waals surface area (Å²) in [5, 5.41) is 0. The van der Waals surface area contributed by atoms with Gasteiger partial charge in [0.15, 0.2) is 17.3 Å². The highest BCUT2D eigenvalue weighted by atomic mass is 16.7. The molecule has 154 valence electrons. The van der Waals surface area contributed by atoms with Crippen molar-refractivity contribution >= 4 is 11.9 Å². The van der Waals surface area contributed by atoms with Crippen molar-refractivity contribution in [2.24, 2.45) is 0 Å². The molecule has 3 aliphatic rings. The third kappa shape index (κ3) is 3.19. The highest BCUT2D eigenvalue weighted by Crippen LogP contribution is 2.42. The second-order valence-corrected chi connectivity index (χ2v) is 7.59. The smallest absolute Gasteiger partial charge is 0.231 e. The molecular weight excluding hydrogens is 396 g/mol.